The molecular formula is C18H34N4O5S. The van der Waals surface area contributed by atoms with E-state index in [0.29, 0.717) is 32.3 Å². The maximum absolute atomic E-state index is 12.2. The Kier molecular flexibility index (Phi) is 9.46. The SMILES string of the molecule is CCOC(=O)C1CCCN(C(=NC)NCCS(=O)(=O)NCC2CCCCO2)C1. The third-order valence-corrected chi connectivity index (χ3v) is 6.36. The number of piperidine rings is 1. The summed E-state index contributed by atoms with van der Waals surface area (Å²) in [4.78, 5) is 18.2. The highest BCUT2D eigenvalue weighted by Gasteiger charge is 2.28. The van der Waals surface area contributed by atoms with Gasteiger partial charge in [0.15, 0.2) is 5.96 Å². The Labute approximate surface area is 168 Å². The fraction of sp³-hybridized carbons (Fsp3) is 0.889. The van der Waals surface area contributed by atoms with Crippen LogP contribution >= 0.6 is 0 Å². The Morgan fingerprint density at radius 2 is 2.11 bits per heavy atom. The number of esters is 1. The van der Waals surface area contributed by atoms with Crippen LogP contribution in [-0.2, 0) is 24.3 Å². The van der Waals surface area contributed by atoms with Gasteiger partial charge < -0.3 is 19.7 Å². The normalized spacial score (nSPS) is 24.1. The molecule has 2 saturated heterocycles. The van der Waals surface area contributed by atoms with Crippen molar-refractivity contribution in [2.45, 2.75) is 45.1 Å². The van der Waals surface area contributed by atoms with Gasteiger partial charge in [-0.25, -0.2) is 13.1 Å². The summed E-state index contributed by atoms with van der Waals surface area (Å²) in [5.41, 5.74) is 0. The van der Waals surface area contributed by atoms with E-state index in [9.17, 15) is 13.2 Å². The van der Waals surface area contributed by atoms with Crippen molar-refractivity contribution in [2.75, 3.05) is 52.2 Å². The lowest BCUT2D eigenvalue weighted by molar-refractivity contribution is -0.149. The van der Waals surface area contributed by atoms with Crippen LogP contribution in [0.5, 0.6) is 0 Å². The molecule has 0 radical (unpaired) electrons. The van der Waals surface area contributed by atoms with Crippen molar-refractivity contribution in [3.05, 3.63) is 0 Å². The Morgan fingerprint density at radius 1 is 1.29 bits per heavy atom. The lowest BCUT2D eigenvalue weighted by Crippen LogP contribution is -2.49. The number of carbonyl (C=O) groups is 1. The fourth-order valence-electron chi connectivity index (χ4n) is 3.51. The minimum absolute atomic E-state index is 0.0302. The molecule has 0 aliphatic carbocycles. The summed E-state index contributed by atoms with van der Waals surface area (Å²) in [6.07, 6.45) is 4.65. The molecule has 28 heavy (non-hydrogen) atoms. The molecule has 2 unspecified atom stereocenters. The van der Waals surface area contributed by atoms with Gasteiger partial charge in [0, 0.05) is 39.8 Å². The van der Waals surface area contributed by atoms with Gasteiger partial charge in [-0.2, -0.15) is 0 Å². The molecule has 2 N–H and O–H groups in total. The number of nitrogens with one attached hydrogen (secondary N) is 2. The van der Waals surface area contributed by atoms with Crippen molar-refractivity contribution in [2.24, 2.45) is 10.9 Å². The van der Waals surface area contributed by atoms with Crippen molar-refractivity contribution in [1.82, 2.24) is 14.9 Å². The molecule has 2 aliphatic rings. The average Bonchev–Trinajstić information content (AvgIpc) is 2.71. The minimum atomic E-state index is -3.39. The molecule has 2 fully saturated rings. The van der Waals surface area contributed by atoms with Gasteiger partial charge in [0.05, 0.1) is 24.4 Å². The summed E-state index contributed by atoms with van der Waals surface area (Å²) < 4.78 is 37.7. The Bertz CT molecular complexity index is 619. The largest absolute Gasteiger partial charge is 0.466 e. The average molecular weight is 419 g/mol. The fourth-order valence-corrected chi connectivity index (χ4v) is 4.47. The molecule has 2 rings (SSSR count). The molecule has 10 heteroatoms. The van der Waals surface area contributed by atoms with Gasteiger partial charge in [0.2, 0.25) is 10.0 Å². The van der Waals surface area contributed by atoms with E-state index in [1.807, 2.05) is 4.90 Å². The second-order valence-corrected chi connectivity index (χ2v) is 9.09. The maximum atomic E-state index is 12.2. The summed E-state index contributed by atoms with van der Waals surface area (Å²) in [7, 11) is -1.73. The molecule has 162 valence electrons. The van der Waals surface area contributed by atoms with E-state index in [-0.39, 0.29) is 30.3 Å². The van der Waals surface area contributed by atoms with Crippen molar-refractivity contribution in [3.63, 3.8) is 0 Å². The van der Waals surface area contributed by atoms with Crippen LogP contribution in [-0.4, -0.2) is 83.5 Å². The van der Waals surface area contributed by atoms with Gasteiger partial charge in [-0.05, 0) is 39.0 Å². The predicted octanol–water partition coefficient (Wildman–Crippen LogP) is 0.325. The summed E-state index contributed by atoms with van der Waals surface area (Å²) in [6, 6.07) is 0. The predicted molar refractivity (Wildman–Crippen MR) is 108 cm³/mol. The molecule has 0 bridgehead atoms. The zero-order valence-corrected chi connectivity index (χ0v) is 17.8. The third-order valence-electron chi connectivity index (χ3n) is 5.01. The van der Waals surface area contributed by atoms with E-state index < -0.39 is 10.0 Å². The highest BCUT2D eigenvalue weighted by atomic mass is 32.2. The van der Waals surface area contributed by atoms with E-state index >= 15 is 0 Å². The first-order valence-electron chi connectivity index (χ1n) is 10.2. The van der Waals surface area contributed by atoms with Crippen molar-refractivity contribution in [3.8, 4) is 0 Å². The summed E-state index contributed by atoms with van der Waals surface area (Å²) in [5, 5.41) is 3.10. The number of carbonyl (C=O) groups excluding carboxylic acids is 1. The number of guanidine groups is 1. The smallest absolute Gasteiger partial charge is 0.310 e. The van der Waals surface area contributed by atoms with Gasteiger partial charge in [-0.3, -0.25) is 9.79 Å². The molecule has 2 aliphatic heterocycles. The van der Waals surface area contributed by atoms with Crippen LogP contribution in [0, 0.1) is 5.92 Å². The monoisotopic (exact) mass is 418 g/mol. The van der Waals surface area contributed by atoms with Crippen LogP contribution in [0.1, 0.15) is 39.0 Å². The molecule has 2 atom stereocenters. The zero-order chi connectivity index (χ0) is 20.4. The van der Waals surface area contributed by atoms with Crippen molar-refractivity contribution < 1.29 is 22.7 Å². The summed E-state index contributed by atoms with van der Waals surface area (Å²) in [6.45, 7) is 4.75. The van der Waals surface area contributed by atoms with Gasteiger partial charge in [0.1, 0.15) is 0 Å². The Hall–Kier alpha value is -1.39. The van der Waals surface area contributed by atoms with E-state index in [1.165, 1.54) is 0 Å². The zero-order valence-electron chi connectivity index (χ0n) is 17.0. The van der Waals surface area contributed by atoms with E-state index in [4.69, 9.17) is 9.47 Å². The number of aliphatic imine (C=N–C) groups is 1. The molecule has 0 aromatic heterocycles. The molecule has 0 aromatic rings. The number of sulfonamides is 1. The van der Waals surface area contributed by atoms with Crippen LogP contribution in [0.25, 0.3) is 0 Å². The van der Waals surface area contributed by atoms with Crippen LogP contribution in [0.15, 0.2) is 4.99 Å². The van der Waals surface area contributed by atoms with Crippen LogP contribution in [0.3, 0.4) is 0 Å². The maximum Gasteiger partial charge on any atom is 0.310 e. The molecular weight excluding hydrogens is 384 g/mol. The first-order valence-corrected chi connectivity index (χ1v) is 11.8. The van der Waals surface area contributed by atoms with Crippen molar-refractivity contribution >= 4 is 22.0 Å². The quantitative estimate of drug-likeness (QED) is 0.332. The molecule has 0 spiro atoms. The summed E-state index contributed by atoms with van der Waals surface area (Å²) >= 11 is 0. The molecule has 9 nitrogen and oxygen atoms in total. The topological polar surface area (TPSA) is 109 Å². The number of ether oxygens (including phenoxy) is 2. The van der Waals surface area contributed by atoms with Gasteiger partial charge in [0.25, 0.3) is 0 Å². The second kappa shape index (κ2) is 11.6. The Morgan fingerprint density at radius 3 is 2.79 bits per heavy atom. The molecule has 0 saturated carbocycles. The molecule has 2 heterocycles. The highest BCUT2D eigenvalue weighted by molar-refractivity contribution is 7.89. The van der Waals surface area contributed by atoms with Gasteiger partial charge in [-0.15, -0.1) is 0 Å². The van der Waals surface area contributed by atoms with E-state index in [0.717, 1.165) is 38.6 Å². The Balaban J connectivity index is 1.75. The number of nitrogens with zero attached hydrogens (tertiary/aromatic N) is 2. The van der Waals surface area contributed by atoms with E-state index in [1.54, 1.807) is 14.0 Å². The minimum Gasteiger partial charge on any atom is -0.466 e. The first kappa shape index (κ1) is 22.9. The summed E-state index contributed by atoms with van der Waals surface area (Å²) in [5.74, 6) is 0.209. The second-order valence-electron chi connectivity index (χ2n) is 7.17. The number of hydrogen-bond acceptors (Lipinski definition) is 6. The highest BCUT2D eigenvalue weighted by Crippen LogP contribution is 2.18. The lowest BCUT2D eigenvalue weighted by Gasteiger charge is -2.33. The van der Waals surface area contributed by atoms with Crippen LogP contribution < -0.4 is 10.0 Å². The van der Waals surface area contributed by atoms with Gasteiger partial charge in [-0.1, -0.05) is 0 Å². The number of likely N-dealkylation sites (tertiary alicyclic amines) is 1. The molecule has 0 amide bonds. The first-order chi connectivity index (χ1) is 13.4. The van der Waals surface area contributed by atoms with Crippen molar-refractivity contribution in [1.29, 1.82) is 0 Å². The standard InChI is InChI=1S/C18H34N4O5S/c1-3-26-17(23)15-7-6-10-22(14-15)18(19-2)20-9-12-28(24,25)21-13-16-8-4-5-11-27-16/h15-16,21H,3-14H2,1-2H3,(H,19,20). The molecule has 0 aromatic carbocycles. The van der Waals surface area contributed by atoms with Crippen LogP contribution in [0.4, 0.5) is 0 Å². The lowest BCUT2D eigenvalue weighted by atomic mass is 9.98. The van der Waals surface area contributed by atoms with E-state index in [2.05, 4.69) is 15.0 Å². The van der Waals surface area contributed by atoms with Gasteiger partial charge >= 0.3 is 5.97 Å². The number of hydrogen-bond donors (Lipinski definition) is 2. The number of rotatable bonds is 8. The van der Waals surface area contributed by atoms with Crippen LogP contribution in [0.2, 0.25) is 0 Å². The third kappa shape index (κ3) is 7.56.